The van der Waals surface area contributed by atoms with Gasteiger partial charge in [-0.25, -0.2) is 0 Å². The number of aliphatic hydroxyl groups is 1. The van der Waals surface area contributed by atoms with Crippen LogP contribution < -0.4 is 0 Å². The molecule has 20 heavy (non-hydrogen) atoms. The van der Waals surface area contributed by atoms with E-state index in [1.54, 1.807) is 0 Å². The summed E-state index contributed by atoms with van der Waals surface area (Å²) in [5.74, 6) is 3.41. The highest BCUT2D eigenvalue weighted by Crippen LogP contribution is 2.50. The molecule has 3 atom stereocenters. The molecule has 2 fully saturated rings. The van der Waals surface area contributed by atoms with Crippen LogP contribution in [0.15, 0.2) is 16.5 Å². The largest absolute Gasteiger partial charge is 0.463 e. The molecular formula is C17H23NO2. The van der Waals surface area contributed by atoms with Gasteiger partial charge < -0.3 is 9.52 Å². The topological polar surface area (TPSA) is 57.2 Å². The lowest BCUT2D eigenvalue weighted by Gasteiger charge is -2.36. The molecule has 3 unspecified atom stereocenters. The zero-order chi connectivity index (χ0) is 14.3. The van der Waals surface area contributed by atoms with Crippen LogP contribution in [-0.2, 0) is 0 Å². The first-order valence-corrected chi connectivity index (χ1v) is 7.74. The Morgan fingerprint density at radius 3 is 2.55 bits per heavy atom. The Labute approximate surface area is 120 Å². The minimum atomic E-state index is -0.789. The molecule has 0 aliphatic heterocycles. The number of hydrogen-bond donors (Lipinski definition) is 1. The van der Waals surface area contributed by atoms with E-state index in [0.29, 0.717) is 23.5 Å². The van der Waals surface area contributed by atoms with Crippen LogP contribution in [0.1, 0.15) is 69.5 Å². The summed E-state index contributed by atoms with van der Waals surface area (Å²) in [6.45, 7) is 4.43. The van der Waals surface area contributed by atoms with E-state index in [-0.39, 0.29) is 0 Å². The predicted octanol–water partition coefficient (Wildman–Crippen LogP) is 4.16. The molecule has 1 aromatic rings. The number of nitriles is 1. The van der Waals surface area contributed by atoms with Gasteiger partial charge in [0, 0.05) is 5.92 Å². The van der Waals surface area contributed by atoms with Gasteiger partial charge >= 0.3 is 0 Å². The normalized spacial score (nSPS) is 38.2. The second-order valence-corrected chi connectivity index (χ2v) is 6.91. The monoisotopic (exact) mass is 273 g/mol. The van der Waals surface area contributed by atoms with E-state index in [2.05, 4.69) is 19.9 Å². The molecular weight excluding hydrogens is 250 g/mol. The van der Waals surface area contributed by atoms with Crippen LogP contribution in [0.3, 0.4) is 0 Å². The van der Waals surface area contributed by atoms with Crippen LogP contribution in [0.5, 0.6) is 0 Å². The molecule has 0 amide bonds. The highest BCUT2D eigenvalue weighted by molar-refractivity contribution is 5.21. The van der Waals surface area contributed by atoms with Crippen molar-refractivity contribution >= 4 is 0 Å². The molecule has 0 saturated heterocycles. The van der Waals surface area contributed by atoms with Crippen LogP contribution in [0.4, 0.5) is 0 Å². The van der Waals surface area contributed by atoms with Gasteiger partial charge in [-0.3, -0.25) is 0 Å². The molecule has 2 aliphatic rings. The van der Waals surface area contributed by atoms with Gasteiger partial charge in [0.25, 0.3) is 0 Å². The first kappa shape index (κ1) is 13.7. The van der Waals surface area contributed by atoms with Crippen LogP contribution >= 0.6 is 0 Å². The maximum absolute atomic E-state index is 10.6. The number of rotatable bonds is 3. The molecule has 3 rings (SSSR count). The predicted molar refractivity (Wildman–Crippen MR) is 75.9 cm³/mol. The second kappa shape index (κ2) is 4.93. The van der Waals surface area contributed by atoms with E-state index in [4.69, 9.17) is 4.42 Å². The molecule has 3 heteroatoms. The maximum Gasteiger partial charge on any atom is 0.134 e. The maximum atomic E-state index is 10.6. The average Bonchev–Trinajstić information content (AvgIpc) is 3.01. The number of aliphatic hydroxyl groups excluding tert-OH is 1. The fourth-order valence-corrected chi connectivity index (χ4v) is 3.43. The van der Waals surface area contributed by atoms with Gasteiger partial charge in [0.15, 0.2) is 0 Å². The van der Waals surface area contributed by atoms with Gasteiger partial charge in [0.1, 0.15) is 17.6 Å². The van der Waals surface area contributed by atoms with Crippen molar-refractivity contribution in [1.29, 1.82) is 5.26 Å². The van der Waals surface area contributed by atoms with Gasteiger partial charge in [-0.15, -0.1) is 0 Å². The van der Waals surface area contributed by atoms with Crippen molar-refractivity contribution in [1.82, 2.24) is 0 Å². The van der Waals surface area contributed by atoms with E-state index < -0.39 is 11.5 Å². The quantitative estimate of drug-likeness (QED) is 0.899. The first-order chi connectivity index (χ1) is 9.55. The van der Waals surface area contributed by atoms with Gasteiger partial charge in [-0.2, -0.15) is 5.26 Å². The minimum absolute atomic E-state index is 0.514. The fourth-order valence-electron chi connectivity index (χ4n) is 3.43. The summed E-state index contributed by atoms with van der Waals surface area (Å²) in [6.07, 6.45) is 3.94. The molecule has 0 spiro atoms. The Hall–Kier alpha value is -1.27. The zero-order valence-electron chi connectivity index (χ0n) is 12.3. The van der Waals surface area contributed by atoms with Crippen molar-refractivity contribution in [3.05, 3.63) is 23.7 Å². The van der Waals surface area contributed by atoms with Crippen molar-refractivity contribution in [3.8, 4) is 6.07 Å². The summed E-state index contributed by atoms with van der Waals surface area (Å²) in [4.78, 5) is 0. The van der Waals surface area contributed by atoms with Gasteiger partial charge in [-0.05, 0) is 56.1 Å². The molecule has 108 valence electrons. The van der Waals surface area contributed by atoms with Gasteiger partial charge in [-0.1, -0.05) is 13.8 Å². The smallest absolute Gasteiger partial charge is 0.134 e. The van der Waals surface area contributed by atoms with Crippen LogP contribution in [0, 0.1) is 28.6 Å². The minimum Gasteiger partial charge on any atom is -0.463 e. The van der Waals surface area contributed by atoms with Crippen molar-refractivity contribution in [2.75, 3.05) is 0 Å². The summed E-state index contributed by atoms with van der Waals surface area (Å²) in [5.41, 5.74) is -0.656. The van der Waals surface area contributed by atoms with Crippen LogP contribution in [0.25, 0.3) is 0 Å². The SMILES string of the molecule is CC1CCC(C#N)(C(O)c2ccc(C3CC3C)o2)CC1. The summed E-state index contributed by atoms with van der Waals surface area (Å²) in [5, 5.41) is 20.2. The molecule has 1 N–H and O–H groups in total. The fraction of sp³-hybridized carbons (Fsp3) is 0.706. The number of hydrogen-bond acceptors (Lipinski definition) is 3. The van der Waals surface area contributed by atoms with Gasteiger partial charge in [0.05, 0.1) is 11.5 Å². The van der Waals surface area contributed by atoms with Crippen molar-refractivity contribution in [2.45, 2.75) is 58.0 Å². The van der Waals surface area contributed by atoms with Crippen molar-refractivity contribution < 1.29 is 9.52 Å². The number of nitrogens with zero attached hydrogens (tertiary/aromatic N) is 1. The van der Waals surface area contributed by atoms with Crippen LogP contribution in [0.2, 0.25) is 0 Å². The third-order valence-electron chi connectivity index (χ3n) is 5.30. The Kier molecular flexibility index (Phi) is 3.38. The molecule has 2 saturated carbocycles. The first-order valence-electron chi connectivity index (χ1n) is 7.74. The highest BCUT2D eigenvalue weighted by Gasteiger charge is 2.44. The van der Waals surface area contributed by atoms with Crippen LogP contribution in [-0.4, -0.2) is 5.11 Å². The van der Waals surface area contributed by atoms with Crippen molar-refractivity contribution in [3.63, 3.8) is 0 Å². The number of furan rings is 1. The summed E-state index contributed by atoms with van der Waals surface area (Å²) < 4.78 is 5.85. The summed E-state index contributed by atoms with van der Waals surface area (Å²) in [7, 11) is 0. The zero-order valence-corrected chi connectivity index (χ0v) is 12.3. The van der Waals surface area contributed by atoms with E-state index in [1.165, 1.54) is 6.42 Å². The second-order valence-electron chi connectivity index (χ2n) is 6.91. The van der Waals surface area contributed by atoms with E-state index >= 15 is 0 Å². The molecule has 1 heterocycles. The van der Waals surface area contributed by atoms with Gasteiger partial charge in [0.2, 0.25) is 0 Å². The van der Waals surface area contributed by atoms with E-state index in [0.717, 1.165) is 31.4 Å². The third kappa shape index (κ3) is 2.27. The lowest BCUT2D eigenvalue weighted by atomic mass is 9.68. The summed E-state index contributed by atoms with van der Waals surface area (Å²) >= 11 is 0. The molecule has 0 bridgehead atoms. The summed E-state index contributed by atoms with van der Waals surface area (Å²) in [6, 6.07) is 6.23. The molecule has 3 nitrogen and oxygen atoms in total. The molecule has 0 radical (unpaired) electrons. The Morgan fingerprint density at radius 1 is 1.35 bits per heavy atom. The standard InChI is InChI=1S/C17H23NO2/c1-11-5-7-17(10-18,8-6-11)16(19)15-4-3-14(20-15)13-9-12(13)2/h3-4,11-13,16,19H,5-9H2,1-2H3. The van der Waals surface area contributed by atoms with E-state index in [1.807, 2.05) is 12.1 Å². The lowest BCUT2D eigenvalue weighted by Crippen LogP contribution is -2.31. The highest BCUT2D eigenvalue weighted by atomic mass is 16.4. The Balaban J connectivity index is 1.78. The van der Waals surface area contributed by atoms with Crippen molar-refractivity contribution in [2.24, 2.45) is 17.3 Å². The Bertz CT molecular complexity index is 519. The Morgan fingerprint density at radius 2 is 2.00 bits per heavy atom. The average molecular weight is 273 g/mol. The molecule has 1 aromatic heterocycles. The van der Waals surface area contributed by atoms with E-state index in [9.17, 15) is 10.4 Å². The third-order valence-corrected chi connectivity index (χ3v) is 5.30. The molecule has 2 aliphatic carbocycles. The lowest BCUT2D eigenvalue weighted by molar-refractivity contribution is 0.0109. The molecule has 0 aromatic carbocycles.